The minimum absolute atomic E-state index is 0.284. The lowest BCUT2D eigenvalue weighted by molar-refractivity contribution is -0.137. The highest BCUT2D eigenvalue weighted by molar-refractivity contribution is 5.93. The van der Waals surface area contributed by atoms with Crippen LogP contribution in [0.25, 0.3) is 0 Å². The van der Waals surface area contributed by atoms with Gasteiger partial charge in [-0.15, -0.1) is 0 Å². The fourth-order valence-electron chi connectivity index (χ4n) is 2.36. The van der Waals surface area contributed by atoms with E-state index in [-0.39, 0.29) is 5.56 Å². The molecule has 2 heterocycles. The van der Waals surface area contributed by atoms with Crippen LogP contribution in [0.1, 0.15) is 24.2 Å². The first-order valence-electron chi connectivity index (χ1n) is 6.24. The molecule has 1 aromatic rings. The Morgan fingerprint density at radius 1 is 1.48 bits per heavy atom. The normalized spacial score (nSPS) is 32.3. The summed E-state index contributed by atoms with van der Waals surface area (Å²) in [5.41, 5.74) is -3.76. The van der Waals surface area contributed by atoms with Crippen LogP contribution in [0.5, 0.6) is 0 Å². The number of ketones is 1. The molecule has 9 nitrogen and oxygen atoms in total. The van der Waals surface area contributed by atoms with E-state index in [1.54, 1.807) is 0 Å². The molecule has 0 amide bonds. The molecule has 0 radical (unpaired) electrons. The minimum Gasteiger partial charge on any atom is -0.394 e. The number of carbonyl (C=O) groups excluding carboxylic acids is 1. The lowest BCUT2D eigenvalue weighted by Crippen LogP contribution is -2.50. The maximum atomic E-state index is 11.9. The Bertz CT molecular complexity index is 679. The number of nitrogens with zero attached hydrogens (tertiary/aromatic N) is 1. The Morgan fingerprint density at radius 2 is 2.10 bits per heavy atom. The molecule has 0 unspecified atom stereocenters. The van der Waals surface area contributed by atoms with Gasteiger partial charge >= 0.3 is 5.69 Å². The molecule has 2 rings (SSSR count). The van der Waals surface area contributed by atoms with Crippen molar-refractivity contribution in [2.24, 2.45) is 0 Å². The van der Waals surface area contributed by atoms with Gasteiger partial charge in [-0.2, -0.15) is 0 Å². The number of rotatable bonds is 3. The molecule has 0 bridgehead atoms. The van der Waals surface area contributed by atoms with E-state index in [4.69, 9.17) is 9.84 Å². The smallest absolute Gasteiger partial charge is 0.330 e. The molecule has 0 saturated carbocycles. The summed E-state index contributed by atoms with van der Waals surface area (Å²) in [7, 11) is 0. The third-order valence-corrected chi connectivity index (χ3v) is 3.62. The Hall–Kier alpha value is -1.81. The van der Waals surface area contributed by atoms with E-state index in [0.29, 0.717) is 0 Å². The Balaban J connectivity index is 2.61. The summed E-state index contributed by atoms with van der Waals surface area (Å²) in [5, 5.41) is 29.0. The van der Waals surface area contributed by atoms with Crippen molar-refractivity contribution >= 4 is 5.78 Å². The van der Waals surface area contributed by atoms with Gasteiger partial charge in [-0.3, -0.25) is 19.1 Å². The van der Waals surface area contributed by atoms with E-state index in [0.717, 1.165) is 17.7 Å². The third-order valence-electron chi connectivity index (χ3n) is 3.62. The summed E-state index contributed by atoms with van der Waals surface area (Å²) in [4.78, 5) is 36.8. The van der Waals surface area contributed by atoms with Crippen molar-refractivity contribution in [3.63, 3.8) is 0 Å². The van der Waals surface area contributed by atoms with Gasteiger partial charge in [0.25, 0.3) is 5.56 Å². The van der Waals surface area contributed by atoms with Crippen molar-refractivity contribution in [3.8, 4) is 0 Å². The van der Waals surface area contributed by atoms with Crippen LogP contribution in [-0.4, -0.2) is 55.6 Å². The highest BCUT2D eigenvalue weighted by atomic mass is 16.6. The molecule has 116 valence electrons. The van der Waals surface area contributed by atoms with Crippen LogP contribution < -0.4 is 11.2 Å². The zero-order valence-electron chi connectivity index (χ0n) is 11.4. The number of aliphatic hydroxyl groups is 3. The molecular formula is C12H16N2O7. The molecule has 1 aliphatic rings. The molecular weight excluding hydrogens is 284 g/mol. The molecule has 0 aliphatic carbocycles. The minimum atomic E-state index is -1.72. The fourth-order valence-corrected chi connectivity index (χ4v) is 2.36. The van der Waals surface area contributed by atoms with Gasteiger partial charge in [0.1, 0.15) is 18.3 Å². The molecule has 21 heavy (non-hydrogen) atoms. The maximum Gasteiger partial charge on any atom is 0.330 e. The lowest BCUT2D eigenvalue weighted by Gasteiger charge is -2.29. The van der Waals surface area contributed by atoms with Crippen LogP contribution in [0.15, 0.2) is 15.8 Å². The molecule has 9 heteroatoms. The van der Waals surface area contributed by atoms with E-state index >= 15 is 0 Å². The summed E-state index contributed by atoms with van der Waals surface area (Å²) in [5.74, 6) is -0.569. The van der Waals surface area contributed by atoms with Gasteiger partial charge in [0.15, 0.2) is 11.5 Å². The third kappa shape index (κ3) is 2.33. The van der Waals surface area contributed by atoms with Gasteiger partial charge in [0, 0.05) is 6.20 Å². The molecule has 4 N–H and O–H groups in total. The molecule has 1 aromatic heterocycles. The largest absolute Gasteiger partial charge is 0.394 e. The summed E-state index contributed by atoms with van der Waals surface area (Å²) in [6, 6.07) is 0. The first kappa shape index (κ1) is 15.6. The predicted molar refractivity (Wildman–Crippen MR) is 68.9 cm³/mol. The number of H-pyrrole nitrogens is 1. The second-order valence-electron chi connectivity index (χ2n) is 5.06. The second-order valence-corrected chi connectivity index (χ2v) is 5.06. The van der Waals surface area contributed by atoms with Crippen LogP contribution >= 0.6 is 0 Å². The maximum absolute atomic E-state index is 11.9. The van der Waals surface area contributed by atoms with Crippen molar-refractivity contribution in [3.05, 3.63) is 32.6 Å². The van der Waals surface area contributed by atoms with Crippen molar-refractivity contribution in [2.75, 3.05) is 6.61 Å². The van der Waals surface area contributed by atoms with Gasteiger partial charge in [-0.25, -0.2) is 4.79 Å². The van der Waals surface area contributed by atoms with Gasteiger partial charge in [0.05, 0.1) is 12.2 Å². The van der Waals surface area contributed by atoms with E-state index in [1.807, 2.05) is 4.98 Å². The van der Waals surface area contributed by atoms with Crippen LogP contribution in [0.3, 0.4) is 0 Å². The summed E-state index contributed by atoms with van der Waals surface area (Å²) >= 11 is 0. The number of hydrogen-bond donors (Lipinski definition) is 4. The molecule has 0 aromatic carbocycles. The van der Waals surface area contributed by atoms with Gasteiger partial charge in [-0.05, 0) is 13.8 Å². The quantitative estimate of drug-likeness (QED) is 0.453. The number of aliphatic hydroxyl groups excluding tert-OH is 3. The molecule has 1 saturated heterocycles. The van der Waals surface area contributed by atoms with Gasteiger partial charge in [-0.1, -0.05) is 0 Å². The van der Waals surface area contributed by atoms with Crippen LogP contribution in [0.4, 0.5) is 0 Å². The summed E-state index contributed by atoms with van der Waals surface area (Å²) in [6.07, 6.45) is -3.07. The fraction of sp³-hybridized carbons (Fsp3) is 0.583. The Morgan fingerprint density at radius 3 is 2.57 bits per heavy atom. The Labute approximate surface area is 118 Å². The van der Waals surface area contributed by atoms with E-state index in [1.165, 1.54) is 6.92 Å². The summed E-state index contributed by atoms with van der Waals surface area (Å²) in [6.45, 7) is 1.89. The number of Topliss-reactive ketones (excluding diaryl/α,β-unsaturated/α-hetero) is 1. The standard InChI is InChI=1S/C12H16N2O7/c1-5(16)6-3-14(11(20)13-10(6)19)12(2)9(18)8(17)7(4-15)21-12/h3,7-9,15,17-18H,4H2,1-2H3,(H,13,19,20)/t7-,8-,9-,12-/m1/s1. The van der Waals surface area contributed by atoms with Crippen molar-refractivity contribution in [1.29, 1.82) is 0 Å². The van der Waals surface area contributed by atoms with Crippen molar-refractivity contribution in [1.82, 2.24) is 9.55 Å². The molecule has 0 spiro atoms. The zero-order chi connectivity index (χ0) is 15.9. The van der Waals surface area contributed by atoms with Crippen molar-refractivity contribution < 1.29 is 24.9 Å². The Kier molecular flexibility index (Phi) is 3.85. The molecule has 1 fully saturated rings. The second kappa shape index (κ2) is 5.19. The van der Waals surface area contributed by atoms with Gasteiger partial charge in [0.2, 0.25) is 0 Å². The van der Waals surface area contributed by atoms with Crippen LogP contribution in [0.2, 0.25) is 0 Å². The lowest BCUT2D eigenvalue weighted by atomic mass is 10.0. The van der Waals surface area contributed by atoms with E-state index in [2.05, 4.69) is 0 Å². The average molecular weight is 300 g/mol. The number of nitrogens with one attached hydrogen (secondary N) is 1. The number of ether oxygens (including phenoxy) is 1. The van der Waals surface area contributed by atoms with E-state index < -0.39 is 47.7 Å². The topological polar surface area (TPSA) is 142 Å². The first-order chi connectivity index (χ1) is 9.72. The highest BCUT2D eigenvalue weighted by Crippen LogP contribution is 2.34. The number of aromatic amines is 1. The predicted octanol–water partition coefficient (Wildman–Crippen LogP) is -2.48. The number of carbonyl (C=O) groups is 1. The number of aromatic nitrogens is 2. The van der Waals surface area contributed by atoms with Crippen molar-refractivity contribution in [2.45, 2.75) is 37.9 Å². The van der Waals surface area contributed by atoms with E-state index in [9.17, 15) is 24.6 Å². The van der Waals surface area contributed by atoms with Gasteiger partial charge < -0.3 is 20.1 Å². The monoisotopic (exact) mass is 300 g/mol. The van der Waals surface area contributed by atoms with Crippen LogP contribution in [0, 0.1) is 0 Å². The SMILES string of the molecule is CC(=O)c1cn([C@]2(C)O[C@H](CO)[C@@H](O)[C@H]2O)c(=O)[nH]c1=O. The molecule has 1 aliphatic heterocycles. The summed E-state index contributed by atoms with van der Waals surface area (Å²) < 4.78 is 6.17. The number of hydrogen-bond acceptors (Lipinski definition) is 7. The first-order valence-corrected chi connectivity index (χ1v) is 6.24. The van der Waals surface area contributed by atoms with Crippen LogP contribution in [-0.2, 0) is 10.5 Å². The zero-order valence-corrected chi connectivity index (χ0v) is 11.4. The molecule has 4 atom stereocenters. The highest BCUT2D eigenvalue weighted by Gasteiger charge is 2.52. The average Bonchev–Trinajstić information content (AvgIpc) is 2.63.